The Kier molecular flexibility index (Phi) is 3.35. The molecule has 0 bridgehead atoms. The first-order chi connectivity index (χ1) is 6.59. The molecule has 0 aromatic carbocycles. The lowest BCUT2D eigenvalue weighted by atomic mass is 10.2. The molecule has 0 fully saturated rings. The summed E-state index contributed by atoms with van der Waals surface area (Å²) < 4.78 is 0. The number of nitrogens with one attached hydrogen (secondary N) is 1. The van der Waals surface area contributed by atoms with Gasteiger partial charge >= 0.3 is 11.9 Å². The molecule has 1 aromatic heterocycles. The van der Waals surface area contributed by atoms with Crippen molar-refractivity contribution in [1.29, 1.82) is 0 Å². The van der Waals surface area contributed by atoms with Gasteiger partial charge in [-0.15, -0.1) is 10.2 Å². The van der Waals surface area contributed by atoms with Gasteiger partial charge in [-0.05, 0) is 0 Å². The fourth-order valence-electron chi connectivity index (χ4n) is 0.760. The molecule has 8 heteroatoms. The molecular formula is C6H7N3O4S. The van der Waals surface area contributed by atoms with Crippen LogP contribution >= 0.6 is 11.3 Å². The predicted octanol–water partition coefficient (Wildman–Crippen LogP) is -0.122. The second kappa shape index (κ2) is 4.51. The summed E-state index contributed by atoms with van der Waals surface area (Å²) >= 11 is 1.11. The molecule has 76 valence electrons. The fraction of sp³-hybridized carbons (Fsp3) is 0.333. The SMILES string of the molecule is O=C(O)CC(Nc1nncs1)C(=O)O. The Hall–Kier alpha value is -1.70. The standard InChI is InChI=1S/C6H7N3O4S/c10-4(11)1-3(5(12)13)8-6-9-7-2-14-6/h2-3H,1H2,(H,8,9)(H,10,11)(H,12,13). The van der Waals surface area contributed by atoms with Crippen LogP contribution in [0.5, 0.6) is 0 Å². The maximum Gasteiger partial charge on any atom is 0.326 e. The average molecular weight is 217 g/mol. The molecular weight excluding hydrogens is 210 g/mol. The molecule has 1 unspecified atom stereocenters. The number of nitrogens with zero attached hydrogens (tertiary/aromatic N) is 2. The molecule has 0 aliphatic heterocycles. The highest BCUT2D eigenvalue weighted by Gasteiger charge is 2.21. The van der Waals surface area contributed by atoms with Crippen LogP contribution in [0.1, 0.15) is 6.42 Å². The van der Waals surface area contributed by atoms with Gasteiger partial charge in [-0.3, -0.25) is 4.79 Å². The highest BCUT2D eigenvalue weighted by atomic mass is 32.1. The van der Waals surface area contributed by atoms with Gasteiger partial charge in [0.15, 0.2) is 0 Å². The van der Waals surface area contributed by atoms with Crippen LogP contribution in [-0.4, -0.2) is 38.4 Å². The van der Waals surface area contributed by atoms with Crippen LogP contribution in [0.2, 0.25) is 0 Å². The average Bonchev–Trinajstić information content (AvgIpc) is 2.54. The highest BCUT2D eigenvalue weighted by Crippen LogP contribution is 2.11. The molecule has 1 rings (SSSR count). The molecule has 0 aliphatic carbocycles. The third-order valence-corrected chi connectivity index (χ3v) is 1.96. The van der Waals surface area contributed by atoms with Gasteiger partial charge in [0.25, 0.3) is 0 Å². The van der Waals surface area contributed by atoms with Crippen LogP contribution in [0.3, 0.4) is 0 Å². The van der Waals surface area contributed by atoms with Crippen LogP contribution < -0.4 is 5.32 Å². The number of hydrogen-bond donors (Lipinski definition) is 3. The second-order valence-electron chi connectivity index (χ2n) is 2.38. The van der Waals surface area contributed by atoms with Crippen molar-refractivity contribution in [2.24, 2.45) is 0 Å². The summed E-state index contributed by atoms with van der Waals surface area (Å²) in [7, 11) is 0. The van der Waals surface area contributed by atoms with Crippen molar-refractivity contribution in [2.75, 3.05) is 5.32 Å². The molecule has 0 spiro atoms. The predicted molar refractivity (Wildman–Crippen MR) is 47.2 cm³/mol. The molecule has 1 aromatic rings. The zero-order valence-corrected chi connectivity index (χ0v) is 7.69. The van der Waals surface area contributed by atoms with Gasteiger partial charge in [-0.2, -0.15) is 0 Å². The van der Waals surface area contributed by atoms with E-state index in [-0.39, 0.29) is 0 Å². The van der Waals surface area contributed by atoms with E-state index in [2.05, 4.69) is 15.5 Å². The number of carboxylic acid groups (broad SMARTS) is 2. The van der Waals surface area contributed by atoms with Crippen LogP contribution in [0.15, 0.2) is 5.51 Å². The summed E-state index contributed by atoms with van der Waals surface area (Å²) in [5.41, 5.74) is 1.42. The van der Waals surface area contributed by atoms with E-state index in [4.69, 9.17) is 10.2 Å². The number of rotatable bonds is 5. The van der Waals surface area contributed by atoms with Gasteiger partial charge in [-0.25, -0.2) is 4.79 Å². The summed E-state index contributed by atoms with van der Waals surface area (Å²) in [5, 5.41) is 26.8. The van der Waals surface area contributed by atoms with Gasteiger partial charge in [0.2, 0.25) is 5.13 Å². The maximum absolute atomic E-state index is 10.6. The first-order valence-corrected chi connectivity index (χ1v) is 4.45. The van der Waals surface area contributed by atoms with E-state index in [0.717, 1.165) is 11.3 Å². The molecule has 0 radical (unpaired) electrons. The number of anilines is 1. The van der Waals surface area contributed by atoms with Gasteiger partial charge in [0.1, 0.15) is 11.6 Å². The Bertz CT molecular complexity index is 326. The van der Waals surface area contributed by atoms with E-state index < -0.39 is 24.4 Å². The molecule has 0 saturated carbocycles. The van der Waals surface area contributed by atoms with E-state index in [1.54, 1.807) is 0 Å². The Morgan fingerprint density at radius 3 is 2.71 bits per heavy atom. The largest absolute Gasteiger partial charge is 0.481 e. The summed E-state index contributed by atoms with van der Waals surface area (Å²) in [6, 6.07) is -1.18. The van der Waals surface area contributed by atoms with Crippen molar-refractivity contribution in [3.8, 4) is 0 Å². The minimum absolute atomic E-state index is 0.290. The number of carboxylic acids is 2. The van der Waals surface area contributed by atoms with Crippen molar-refractivity contribution in [2.45, 2.75) is 12.5 Å². The second-order valence-corrected chi connectivity index (χ2v) is 3.21. The Balaban J connectivity index is 2.60. The summed E-state index contributed by atoms with van der Waals surface area (Å²) in [6.07, 6.45) is -0.505. The third kappa shape index (κ3) is 2.98. The molecule has 14 heavy (non-hydrogen) atoms. The Morgan fingerprint density at radius 1 is 1.57 bits per heavy atom. The zero-order valence-electron chi connectivity index (χ0n) is 6.88. The minimum atomic E-state index is -1.23. The Labute approximate surface area is 82.4 Å². The van der Waals surface area contributed by atoms with E-state index in [1.165, 1.54) is 5.51 Å². The first-order valence-electron chi connectivity index (χ1n) is 3.57. The zero-order chi connectivity index (χ0) is 10.6. The van der Waals surface area contributed by atoms with E-state index in [9.17, 15) is 9.59 Å². The molecule has 0 saturated heterocycles. The molecule has 7 nitrogen and oxygen atoms in total. The molecule has 1 atom stereocenters. The van der Waals surface area contributed by atoms with Crippen LogP contribution in [-0.2, 0) is 9.59 Å². The number of aromatic nitrogens is 2. The maximum atomic E-state index is 10.6. The van der Waals surface area contributed by atoms with Crippen molar-refractivity contribution >= 4 is 28.4 Å². The van der Waals surface area contributed by atoms with E-state index in [1.807, 2.05) is 0 Å². The lowest BCUT2D eigenvalue weighted by molar-refractivity contribution is -0.144. The molecule has 3 N–H and O–H groups in total. The monoisotopic (exact) mass is 217 g/mol. The topological polar surface area (TPSA) is 112 Å². The summed E-state index contributed by atoms with van der Waals surface area (Å²) in [4.78, 5) is 20.9. The summed E-state index contributed by atoms with van der Waals surface area (Å²) in [5.74, 6) is -2.42. The minimum Gasteiger partial charge on any atom is -0.481 e. The van der Waals surface area contributed by atoms with E-state index in [0.29, 0.717) is 5.13 Å². The first kappa shape index (κ1) is 10.4. The number of carbonyl (C=O) groups is 2. The lowest BCUT2D eigenvalue weighted by Crippen LogP contribution is -2.31. The van der Waals surface area contributed by atoms with Crippen LogP contribution in [0, 0.1) is 0 Å². The van der Waals surface area contributed by atoms with Gasteiger partial charge < -0.3 is 15.5 Å². The lowest BCUT2D eigenvalue weighted by Gasteiger charge is -2.09. The van der Waals surface area contributed by atoms with Crippen molar-refractivity contribution < 1.29 is 19.8 Å². The molecule has 1 heterocycles. The molecule has 0 aliphatic rings. The molecule has 0 amide bonds. The fourth-order valence-corrected chi connectivity index (χ4v) is 1.26. The van der Waals surface area contributed by atoms with Gasteiger partial charge in [0.05, 0.1) is 6.42 Å². The Morgan fingerprint density at radius 2 is 2.29 bits per heavy atom. The smallest absolute Gasteiger partial charge is 0.326 e. The normalized spacial score (nSPS) is 12.0. The number of hydrogen-bond acceptors (Lipinski definition) is 6. The van der Waals surface area contributed by atoms with E-state index >= 15 is 0 Å². The van der Waals surface area contributed by atoms with Crippen molar-refractivity contribution in [1.82, 2.24) is 10.2 Å². The van der Waals surface area contributed by atoms with Crippen LogP contribution in [0.4, 0.5) is 5.13 Å². The number of aliphatic carboxylic acids is 2. The summed E-state index contributed by atoms with van der Waals surface area (Å²) in [6.45, 7) is 0. The highest BCUT2D eigenvalue weighted by molar-refractivity contribution is 7.13. The third-order valence-electron chi connectivity index (χ3n) is 1.33. The quantitative estimate of drug-likeness (QED) is 0.630. The van der Waals surface area contributed by atoms with Crippen molar-refractivity contribution in [3.63, 3.8) is 0 Å². The van der Waals surface area contributed by atoms with Crippen molar-refractivity contribution in [3.05, 3.63) is 5.51 Å². The van der Waals surface area contributed by atoms with Gasteiger partial charge in [-0.1, -0.05) is 11.3 Å². The van der Waals surface area contributed by atoms with Crippen LogP contribution in [0.25, 0.3) is 0 Å². The van der Waals surface area contributed by atoms with Gasteiger partial charge in [0, 0.05) is 0 Å².